The van der Waals surface area contributed by atoms with E-state index in [1.807, 2.05) is 47.3 Å². The molecule has 0 saturated carbocycles. The summed E-state index contributed by atoms with van der Waals surface area (Å²) in [6.07, 6.45) is 0. The highest BCUT2D eigenvalue weighted by Crippen LogP contribution is 2.32. The fourth-order valence-corrected chi connectivity index (χ4v) is 3.00. The Kier molecular flexibility index (Phi) is 5.13. The van der Waals surface area contributed by atoms with Crippen LogP contribution < -0.4 is 3.07 Å². The Balaban J connectivity index is 2.18. The van der Waals surface area contributed by atoms with E-state index in [9.17, 15) is 0 Å². The molecule has 0 unspecified atom stereocenters. The Morgan fingerprint density at radius 1 is 0.652 bits per heavy atom. The maximum atomic E-state index is 5.25. The smallest absolute Gasteiger partial charge is 0.192 e. The minimum atomic E-state index is 0.860. The molecular formula is C21H17IO. The van der Waals surface area contributed by atoms with E-state index in [1.54, 1.807) is 0 Å². The van der Waals surface area contributed by atoms with Crippen LogP contribution in [0.15, 0.2) is 84.9 Å². The highest BCUT2D eigenvalue weighted by Gasteiger charge is 2.10. The number of benzene rings is 3. The third-order valence-electron chi connectivity index (χ3n) is 3.88. The van der Waals surface area contributed by atoms with Crippen LogP contribution in [0.25, 0.3) is 11.1 Å². The van der Waals surface area contributed by atoms with Gasteiger partial charge in [-0.3, -0.25) is 0 Å². The average Bonchev–Trinajstić information content (AvgIpc) is 2.64. The third kappa shape index (κ3) is 3.64. The van der Waals surface area contributed by atoms with Gasteiger partial charge in [0.25, 0.3) is 0 Å². The van der Waals surface area contributed by atoms with Crippen molar-refractivity contribution in [3.8, 4) is 5.75 Å². The van der Waals surface area contributed by atoms with Crippen LogP contribution in [-0.2, 0) is 0 Å². The summed E-state index contributed by atoms with van der Waals surface area (Å²) in [5.41, 5.74) is 6.16. The van der Waals surface area contributed by atoms with Crippen LogP contribution >= 0.6 is 23.0 Å². The summed E-state index contributed by atoms with van der Waals surface area (Å²) in [4.78, 5) is 0. The lowest BCUT2D eigenvalue weighted by atomic mass is 9.90. The third-order valence-corrected chi connectivity index (χ3v) is 4.38. The Labute approximate surface area is 151 Å². The van der Waals surface area contributed by atoms with Crippen molar-refractivity contribution in [2.45, 2.75) is 6.92 Å². The molecule has 0 bridgehead atoms. The second-order valence-corrected chi connectivity index (χ2v) is 5.77. The van der Waals surface area contributed by atoms with Crippen LogP contribution in [0.4, 0.5) is 0 Å². The molecule has 0 amide bonds. The van der Waals surface area contributed by atoms with E-state index in [0.29, 0.717) is 0 Å². The first-order chi connectivity index (χ1) is 11.3. The molecule has 0 aliphatic carbocycles. The van der Waals surface area contributed by atoms with Gasteiger partial charge in [0.05, 0.1) is 0 Å². The molecule has 23 heavy (non-hydrogen) atoms. The first kappa shape index (κ1) is 15.8. The summed E-state index contributed by atoms with van der Waals surface area (Å²) >= 11 is 1.90. The molecule has 3 aromatic carbocycles. The summed E-state index contributed by atoms with van der Waals surface area (Å²) in [6.45, 7) is 2.18. The summed E-state index contributed by atoms with van der Waals surface area (Å²) < 4.78 is 5.25. The molecule has 3 rings (SSSR count). The van der Waals surface area contributed by atoms with Gasteiger partial charge in [-0.15, -0.1) is 0 Å². The van der Waals surface area contributed by atoms with E-state index in [2.05, 4.69) is 67.6 Å². The lowest BCUT2D eigenvalue weighted by Crippen LogP contribution is -1.93. The fraction of sp³-hybridized carbons (Fsp3) is 0.0476. The molecule has 114 valence electrons. The molecule has 0 fully saturated rings. The largest absolute Gasteiger partial charge is 0.428 e. The molecular weight excluding hydrogens is 395 g/mol. The molecule has 0 N–H and O–H groups in total. The van der Waals surface area contributed by atoms with Gasteiger partial charge in [-0.05, 0) is 46.9 Å². The topological polar surface area (TPSA) is 9.23 Å². The van der Waals surface area contributed by atoms with Crippen molar-refractivity contribution in [2.75, 3.05) is 0 Å². The van der Waals surface area contributed by atoms with E-state index in [1.165, 1.54) is 27.8 Å². The molecule has 3 aromatic rings. The normalized spacial score (nSPS) is 11.7. The molecule has 0 aliphatic rings. The Bertz CT molecular complexity index is 790. The van der Waals surface area contributed by atoms with Gasteiger partial charge in [-0.1, -0.05) is 72.8 Å². The van der Waals surface area contributed by atoms with Crippen molar-refractivity contribution in [1.82, 2.24) is 0 Å². The minimum Gasteiger partial charge on any atom is -0.428 e. The molecule has 0 atom stereocenters. The van der Waals surface area contributed by atoms with Crippen LogP contribution in [0.2, 0.25) is 0 Å². The van der Waals surface area contributed by atoms with E-state index in [4.69, 9.17) is 3.07 Å². The van der Waals surface area contributed by atoms with Gasteiger partial charge in [0, 0.05) is 0 Å². The molecule has 0 aliphatic heterocycles. The zero-order valence-corrected chi connectivity index (χ0v) is 15.0. The van der Waals surface area contributed by atoms with Crippen molar-refractivity contribution in [3.63, 3.8) is 0 Å². The summed E-state index contributed by atoms with van der Waals surface area (Å²) in [7, 11) is 0. The Morgan fingerprint density at radius 3 is 1.65 bits per heavy atom. The highest BCUT2D eigenvalue weighted by molar-refractivity contribution is 14.1. The SMILES string of the molecule is C/C(=C(/c1ccccc1)c1ccc(OI)cc1)c1ccccc1. The van der Waals surface area contributed by atoms with Crippen molar-refractivity contribution in [1.29, 1.82) is 0 Å². The summed E-state index contributed by atoms with van der Waals surface area (Å²) in [5.74, 6) is 0.860. The Hall–Kier alpha value is -2.07. The summed E-state index contributed by atoms with van der Waals surface area (Å²) in [6, 6.07) is 29.3. The van der Waals surface area contributed by atoms with E-state index >= 15 is 0 Å². The second-order valence-electron chi connectivity index (χ2n) is 5.33. The molecule has 0 aromatic heterocycles. The molecule has 0 radical (unpaired) electrons. The maximum Gasteiger partial charge on any atom is 0.192 e. The van der Waals surface area contributed by atoms with E-state index in [-0.39, 0.29) is 0 Å². The molecule has 1 nitrogen and oxygen atoms in total. The predicted octanol–water partition coefficient (Wildman–Crippen LogP) is 6.39. The maximum absolute atomic E-state index is 5.25. The van der Waals surface area contributed by atoms with Crippen molar-refractivity contribution in [2.24, 2.45) is 0 Å². The monoisotopic (exact) mass is 412 g/mol. The molecule has 0 heterocycles. The number of halogens is 1. The predicted molar refractivity (Wildman–Crippen MR) is 106 cm³/mol. The first-order valence-electron chi connectivity index (χ1n) is 7.50. The van der Waals surface area contributed by atoms with Crippen molar-refractivity contribution in [3.05, 3.63) is 102 Å². The fourth-order valence-electron chi connectivity index (χ4n) is 2.71. The number of hydrogen-bond donors (Lipinski definition) is 0. The average molecular weight is 412 g/mol. The van der Waals surface area contributed by atoms with Gasteiger partial charge < -0.3 is 3.07 Å². The molecule has 2 heteroatoms. The quantitative estimate of drug-likeness (QED) is 0.356. The van der Waals surface area contributed by atoms with E-state index < -0.39 is 0 Å². The molecule has 0 saturated heterocycles. The van der Waals surface area contributed by atoms with Gasteiger partial charge in [-0.25, -0.2) is 0 Å². The van der Waals surface area contributed by atoms with Crippen LogP contribution in [0.5, 0.6) is 5.75 Å². The van der Waals surface area contributed by atoms with Crippen LogP contribution in [0, 0.1) is 0 Å². The summed E-state index contributed by atoms with van der Waals surface area (Å²) in [5, 5.41) is 0. The zero-order valence-electron chi connectivity index (χ0n) is 12.9. The standard InChI is InChI=1S/C21H17IO/c1-16(17-8-4-2-5-9-17)21(18-10-6-3-7-11-18)19-12-14-20(23-22)15-13-19/h2-15H,1H3/b21-16+. The number of rotatable bonds is 4. The van der Waals surface area contributed by atoms with Gasteiger partial charge >= 0.3 is 0 Å². The highest BCUT2D eigenvalue weighted by atomic mass is 127. The lowest BCUT2D eigenvalue weighted by Gasteiger charge is -2.14. The minimum absolute atomic E-state index is 0.860. The molecule has 0 spiro atoms. The van der Waals surface area contributed by atoms with Gasteiger partial charge in [0.15, 0.2) is 23.0 Å². The van der Waals surface area contributed by atoms with Crippen LogP contribution in [-0.4, -0.2) is 0 Å². The van der Waals surface area contributed by atoms with Crippen LogP contribution in [0.1, 0.15) is 23.6 Å². The zero-order chi connectivity index (χ0) is 16.1. The van der Waals surface area contributed by atoms with Crippen LogP contribution in [0.3, 0.4) is 0 Å². The Morgan fingerprint density at radius 2 is 1.13 bits per heavy atom. The second kappa shape index (κ2) is 7.47. The van der Waals surface area contributed by atoms with Gasteiger partial charge in [0.2, 0.25) is 0 Å². The first-order valence-corrected chi connectivity index (χ1v) is 8.38. The number of hydrogen-bond acceptors (Lipinski definition) is 1. The van der Waals surface area contributed by atoms with Gasteiger partial charge in [0.1, 0.15) is 5.75 Å². The van der Waals surface area contributed by atoms with Crippen molar-refractivity contribution >= 4 is 34.2 Å². The van der Waals surface area contributed by atoms with Crippen molar-refractivity contribution < 1.29 is 3.07 Å². The lowest BCUT2D eigenvalue weighted by molar-refractivity contribution is 0.717. The number of allylic oxidation sites excluding steroid dienone is 1. The van der Waals surface area contributed by atoms with E-state index in [0.717, 1.165) is 5.75 Å². The van der Waals surface area contributed by atoms with Gasteiger partial charge in [-0.2, -0.15) is 0 Å².